The van der Waals surface area contributed by atoms with Crippen molar-refractivity contribution in [3.8, 4) is 0 Å². The van der Waals surface area contributed by atoms with Crippen LogP contribution in [0.25, 0.3) is 0 Å². The number of sulfone groups is 1. The van der Waals surface area contributed by atoms with Crippen molar-refractivity contribution in [3.05, 3.63) is 0 Å². The van der Waals surface area contributed by atoms with Gasteiger partial charge in [-0.25, -0.2) is 13.2 Å². The fraction of sp³-hybridized carbons (Fsp3) is 0.833. The van der Waals surface area contributed by atoms with Gasteiger partial charge in [-0.3, -0.25) is 4.79 Å². The average molecular weight is 304 g/mol. The van der Waals surface area contributed by atoms with Crippen molar-refractivity contribution in [1.82, 2.24) is 10.2 Å². The van der Waals surface area contributed by atoms with E-state index in [2.05, 4.69) is 5.32 Å². The van der Waals surface area contributed by atoms with Crippen LogP contribution in [-0.4, -0.2) is 60.6 Å². The lowest BCUT2D eigenvalue weighted by molar-refractivity contribution is -0.143. The van der Waals surface area contributed by atoms with Crippen LogP contribution in [0.5, 0.6) is 0 Å². The van der Waals surface area contributed by atoms with E-state index in [0.717, 1.165) is 0 Å². The molecule has 7 nitrogen and oxygen atoms in total. The molecule has 1 unspecified atom stereocenters. The fourth-order valence-electron chi connectivity index (χ4n) is 2.81. The molecule has 0 aromatic carbocycles. The van der Waals surface area contributed by atoms with Gasteiger partial charge in [-0.15, -0.1) is 0 Å². The van der Waals surface area contributed by atoms with Crippen LogP contribution in [0.3, 0.4) is 0 Å². The largest absolute Gasteiger partial charge is 0.481 e. The Bertz CT molecular complexity index is 518. The van der Waals surface area contributed by atoms with Crippen LogP contribution in [0.2, 0.25) is 0 Å². The smallest absolute Gasteiger partial charge is 0.317 e. The minimum absolute atomic E-state index is 0.0536. The number of nitrogens with one attached hydrogen (secondary N) is 1. The molecule has 0 saturated carbocycles. The third kappa shape index (κ3) is 3.41. The molecule has 2 aliphatic heterocycles. The molecule has 114 valence electrons. The van der Waals surface area contributed by atoms with Crippen LogP contribution in [0.1, 0.15) is 26.2 Å². The molecule has 0 radical (unpaired) electrons. The Morgan fingerprint density at radius 2 is 2.10 bits per heavy atom. The predicted octanol–water partition coefficient (Wildman–Crippen LogP) is 0.0698. The number of nitrogens with zero attached hydrogens (tertiary/aromatic N) is 1. The molecule has 2 N–H and O–H groups in total. The molecule has 2 rings (SSSR count). The summed E-state index contributed by atoms with van der Waals surface area (Å²) in [4.78, 5) is 24.6. The fourth-order valence-corrected chi connectivity index (χ4v) is 4.90. The van der Waals surface area contributed by atoms with E-state index in [4.69, 9.17) is 5.11 Å². The van der Waals surface area contributed by atoms with E-state index in [1.165, 1.54) is 4.90 Å². The molecule has 0 aromatic rings. The van der Waals surface area contributed by atoms with Gasteiger partial charge in [0.1, 0.15) is 0 Å². The summed E-state index contributed by atoms with van der Waals surface area (Å²) in [6.45, 7) is 2.41. The number of carboxylic acids is 1. The lowest BCUT2D eigenvalue weighted by Crippen LogP contribution is -2.54. The molecular formula is C12H20N2O5S. The van der Waals surface area contributed by atoms with Crippen molar-refractivity contribution in [2.75, 3.05) is 24.6 Å². The van der Waals surface area contributed by atoms with Crippen LogP contribution in [0.15, 0.2) is 0 Å². The summed E-state index contributed by atoms with van der Waals surface area (Å²) in [7, 11) is -3.08. The number of aliphatic carboxylic acids is 1. The van der Waals surface area contributed by atoms with Gasteiger partial charge in [-0.1, -0.05) is 0 Å². The molecule has 2 fully saturated rings. The second kappa shape index (κ2) is 5.23. The second-order valence-electron chi connectivity index (χ2n) is 5.96. The first-order valence-electron chi connectivity index (χ1n) is 6.71. The van der Waals surface area contributed by atoms with Gasteiger partial charge < -0.3 is 15.3 Å². The lowest BCUT2D eigenvalue weighted by Gasteiger charge is -2.34. The Morgan fingerprint density at radius 1 is 1.40 bits per heavy atom. The first-order valence-corrected chi connectivity index (χ1v) is 8.53. The molecule has 0 aromatic heterocycles. The van der Waals surface area contributed by atoms with Gasteiger partial charge in [0.15, 0.2) is 9.84 Å². The van der Waals surface area contributed by atoms with Crippen LogP contribution >= 0.6 is 0 Å². The number of carbonyl (C=O) groups is 2. The van der Waals surface area contributed by atoms with E-state index in [1.807, 2.05) is 0 Å². The Hall–Kier alpha value is -1.31. The minimum Gasteiger partial charge on any atom is -0.481 e. The molecule has 0 aliphatic carbocycles. The van der Waals surface area contributed by atoms with Gasteiger partial charge in [-0.05, 0) is 26.2 Å². The molecule has 2 aliphatic rings. The zero-order valence-electron chi connectivity index (χ0n) is 11.5. The number of hydrogen-bond acceptors (Lipinski definition) is 4. The summed E-state index contributed by atoms with van der Waals surface area (Å²) >= 11 is 0. The highest BCUT2D eigenvalue weighted by Gasteiger charge is 2.40. The van der Waals surface area contributed by atoms with Gasteiger partial charge in [0.25, 0.3) is 0 Å². The van der Waals surface area contributed by atoms with E-state index >= 15 is 0 Å². The van der Waals surface area contributed by atoms with Crippen molar-refractivity contribution in [3.63, 3.8) is 0 Å². The average Bonchev–Trinajstić information content (AvgIpc) is 2.63. The third-order valence-electron chi connectivity index (χ3n) is 3.97. The van der Waals surface area contributed by atoms with Crippen LogP contribution in [0, 0.1) is 5.92 Å². The monoisotopic (exact) mass is 304 g/mol. The van der Waals surface area contributed by atoms with Crippen LogP contribution in [0.4, 0.5) is 4.79 Å². The summed E-state index contributed by atoms with van der Waals surface area (Å²) in [5, 5.41) is 11.8. The van der Waals surface area contributed by atoms with Gasteiger partial charge in [0.05, 0.1) is 23.0 Å². The van der Waals surface area contributed by atoms with Crippen LogP contribution < -0.4 is 5.32 Å². The summed E-state index contributed by atoms with van der Waals surface area (Å²) in [5.74, 6) is -1.39. The Balaban J connectivity index is 1.97. The van der Waals surface area contributed by atoms with Gasteiger partial charge in [-0.2, -0.15) is 0 Å². The number of amides is 2. The van der Waals surface area contributed by atoms with E-state index in [0.29, 0.717) is 25.8 Å². The maximum Gasteiger partial charge on any atom is 0.317 e. The SMILES string of the molecule is CC1(NC(=O)N2CCC[C@@H](C(=O)O)C2)CCS(=O)(=O)C1. The highest BCUT2D eigenvalue weighted by molar-refractivity contribution is 7.91. The van der Waals surface area contributed by atoms with Gasteiger partial charge in [0, 0.05) is 13.1 Å². The zero-order valence-corrected chi connectivity index (χ0v) is 12.3. The number of urea groups is 1. The minimum atomic E-state index is -3.08. The summed E-state index contributed by atoms with van der Waals surface area (Å²) in [5.41, 5.74) is -0.744. The Kier molecular flexibility index (Phi) is 3.95. The highest BCUT2D eigenvalue weighted by atomic mass is 32.2. The van der Waals surface area contributed by atoms with E-state index < -0.39 is 27.3 Å². The molecule has 20 heavy (non-hydrogen) atoms. The molecule has 2 heterocycles. The normalized spacial score (nSPS) is 32.9. The van der Waals surface area contributed by atoms with Crippen molar-refractivity contribution < 1.29 is 23.1 Å². The quantitative estimate of drug-likeness (QED) is 0.751. The zero-order chi connectivity index (χ0) is 15.0. The Morgan fingerprint density at radius 3 is 2.65 bits per heavy atom. The van der Waals surface area contributed by atoms with E-state index in [-0.39, 0.29) is 24.1 Å². The number of rotatable bonds is 2. The number of carbonyl (C=O) groups excluding carboxylic acids is 1. The first-order chi connectivity index (χ1) is 9.21. The lowest BCUT2D eigenvalue weighted by atomic mass is 9.98. The van der Waals surface area contributed by atoms with Crippen molar-refractivity contribution in [1.29, 1.82) is 0 Å². The van der Waals surface area contributed by atoms with E-state index in [1.54, 1.807) is 6.92 Å². The topological polar surface area (TPSA) is 104 Å². The Labute approximate surface area is 118 Å². The number of likely N-dealkylation sites (tertiary alicyclic amines) is 1. The second-order valence-corrected chi connectivity index (χ2v) is 8.14. The third-order valence-corrected chi connectivity index (χ3v) is 5.87. The number of carboxylic acid groups (broad SMARTS) is 1. The molecule has 0 bridgehead atoms. The van der Waals surface area contributed by atoms with Gasteiger partial charge in [0.2, 0.25) is 0 Å². The number of hydrogen-bond donors (Lipinski definition) is 2. The molecular weight excluding hydrogens is 284 g/mol. The first kappa shape index (κ1) is 15.1. The predicted molar refractivity (Wildman–Crippen MR) is 72.1 cm³/mol. The summed E-state index contributed by atoms with van der Waals surface area (Å²) < 4.78 is 23.0. The molecule has 0 spiro atoms. The van der Waals surface area contributed by atoms with Crippen molar-refractivity contribution >= 4 is 21.8 Å². The molecule has 2 amide bonds. The molecule has 2 saturated heterocycles. The molecule has 2 atom stereocenters. The summed E-state index contributed by atoms with van der Waals surface area (Å²) in [6, 6.07) is -0.365. The standard InChI is InChI=1S/C12H20N2O5S/c1-12(4-6-20(18,19)8-12)13-11(17)14-5-2-3-9(7-14)10(15)16/h9H,2-8H2,1H3,(H,13,17)(H,15,16)/t9-,12?/m1/s1. The maximum atomic E-state index is 12.2. The van der Waals surface area contributed by atoms with Crippen molar-refractivity contribution in [2.45, 2.75) is 31.7 Å². The maximum absolute atomic E-state index is 12.2. The highest BCUT2D eigenvalue weighted by Crippen LogP contribution is 2.24. The summed E-state index contributed by atoms with van der Waals surface area (Å²) in [6.07, 6.45) is 1.63. The van der Waals surface area contributed by atoms with Crippen molar-refractivity contribution in [2.24, 2.45) is 5.92 Å². The number of piperidine rings is 1. The van der Waals surface area contributed by atoms with Crippen LogP contribution in [-0.2, 0) is 14.6 Å². The van der Waals surface area contributed by atoms with E-state index in [9.17, 15) is 18.0 Å². The molecule has 8 heteroatoms. The van der Waals surface area contributed by atoms with Gasteiger partial charge >= 0.3 is 12.0 Å².